The van der Waals surface area contributed by atoms with E-state index in [4.69, 9.17) is 18.9 Å². The van der Waals surface area contributed by atoms with Gasteiger partial charge in [0, 0.05) is 11.1 Å². The second-order valence-electron chi connectivity index (χ2n) is 7.24. The van der Waals surface area contributed by atoms with Crippen LogP contribution < -0.4 is 18.9 Å². The van der Waals surface area contributed by atoms with Crippen molar-refractivity contribution in [1.29, 1.82) is 0 Å². The normalized spacial score (nSPS) is 11.5. The molecule has 164 valence electrons. The first-order valence-corrected chi connectivity index (χ1v) is 9.66. The van der Waals surface area contributed by atoms with E-state index in [0.29, 0.717) is 34.1 Å². The van der Waals surface area contributed by atoms with Gasteiger partial charge in [-0.15, -0.1) is 0 Å². The van der Waals surface area contributed by atoms with E-state index < -0.39 is 5.41 Å². The van der Waals surface area contributed by atoms with Crippen molar-refractivity contribution in [3.63, 3.8) is 0 Å². The number of carbonyl (C=O) groups excluding carboxylic acids is 2. The van der Waals surface area contributed by atoms with Crippen LogP contribution >= 0.6 is 0 Å². The van der Waals surface area contributed by atoms with Gasteiger partial charge in [-0.3, -0.25) is 9.59 Å². The van der Waals surface area contributed by atoms with Gasteiger partial charge in [-0.1, -0.05) is 0 Å². The van der Waals surface area contributed by atoms with Crippen LogP contribution in [0.3, 0.4) is 0 Å². The average molecular weight is 424 g/mol. The Hall–Kier alpha value is -3.54. The van der Waals surface area contributed by atoms with Crippen molar-refractivity contribution in [2.45, 2.75) is 13.8 Å². The van der Waals surface area contributed by atoms with Crippen molar-refractivity contribution in [3.8, 4) is 23.0 Å². The van der Waals surface area contributed by atoms with Gasteiger partial charge in [-0.25, -0.2) is 0 Å². The van der Waals surface area contributed by atoms with Crippen LogP contribution in [0.5, 0.6) is 23.0 Å². The van der Waals surface area contributed by atoms with E-state index in [-0.39, 0.29) is 11.6 Å². The van der Waals surface area contributed by atoms with Crippen LogP contribution in [0, 0.1) is 5.41 Å². The van der Waals surface area contributed by atoms with Crippen molar-refractivity contribution < 1.29 is 28.5 Å². The summed E-state index contributed by atoms with van der Waals surface area (Å²) in [6, 6.07) is 10.6. The number of hydrogen-bond acceptors (Lipinski definition) is 6. The lowest BCUT2D eigenvalue weighted by molar-refractivity contribution is -0.132. The van der Waals surface area contributed by atoms with E-state index in [2.05, 4.69) is 0 Å². The summed E-state index contributed by atoms with van der Waals surface area (Å²) in [7, 11) is 6.22. The SMILES string of the molecule is COc1ccc(OC)c(/C=C/C(=O)C(C)(C)C(=O)/C=C/c2cc(OC)ccc2OC)c1. The number of benzene rings is 2. The summed E-state index contributed by atoms with van der Waals surface area (Å²) in [4.78, 5) is 25.6. The fourth-order valence-electron chi connectivity index (χ4n) is 2.81. The van der Waals surface area contributed by atoms with Gasteiger partial charge in [0.05, 0.1) is 33.9 Å². The van der Waals surface area contributed by atoms with Crippen LogP contribution in [-0.4, -0.2) is 40.0 Å². The zero-order chi connectivity index (χ0) is 23.0. The molecule has 0 fully saturated rings. The monoisotopic (exact) mass is 424 g/mol. The molecule has 2 aromatic carbocycles. The third-order valence-electron chi connectivity index (χ3n) is 4.93. The fraction of sp³-hybridized carbons (Fsp3) is 0.280. The number of hydrogen-bond donors (Lipinski definition) is 0. The lowest BCUT2D eigenvalue weighted by Gasteiger charge is -2.17. The van der Waals surface area contributed by atoms with Crippen LogP contribution in [-0.2, 0) is 9.59 Å². The zero-order valence-corrected chi connectivity index (χ0v) is 18.7. The first-order valence-electron chi connectivity index (χ1n) is 9.66. The highest BCUT2D eigenvalue weighted by atomic mass is 16.5. The molecule has 0 radical (unpaired) electrons. The highest BCUT2D eigenvalue weighted by Gasteiger charge is 2.32. The van der Waals surface area contributed by atoms with Gasteiger partial charge in [-0.05, 0) is 74.5 Å². The Balaban J connectivity index is 2.23. The van der Waals surface area contributed by atoms with E-state index in [1.165, 1.54) is 12.2 Å². The molecule has 2 aromatic rings. The standard InChI is InChI=1S/C25H28O6/c1-25(2,23(26)13-7-17-15-19(28-3)9-11-21(17)30-5)24(27)14-8-18-16-20(29-4)10-12-22(18)31-6/h7-16H,1-6H3/b13-7+,14-8+. The number of carbonyl (C=O) groups is 2. The fourth-order valence-corrected chi connectivity index (χ4v) is 2.81. The van der Waals surface area contributed by atoms with Crippen LogP contribution in [0.1, 0.15) is 25.0 Å². The van der Waals surface area contributed by atoms with Gasteiger partial charge in [-0.2, -0.15) is 0 Å². The summed E-state index contributed by atoms with van der Waals surface area (Å²) < 4.78 is 21.1. The average Bonchev–Trinajstić information content (AvgIpc) is 2.80. The molecule has 0 amide bonds. The third kappa shape index (κ3) is 5.75. The second kappa shape index (κ2) is 10.5. The molecule has 0 aliphatic carbocycles. The van der Waals surface area contributed by atoms with Crippen molar-refractivity contribution in [2.24, 2.45) is 5.41 Å². The molecular weight excluding hydrogens is 396 g/mol. The van der Waals surface area contributed by atoms with Crippen molar-refractivity contribution >= 4 is 23.7 Å². The van der Waals surface area contributed by atoms with Crippen molar-refractivity contribution in [1.82, 2.24) is 0 Å². The lowest BCUT2D eigenvalue weighted by Crippen LogP contribution is -2.30. The lowest BCUT2D eigenvalue weighted by atomic mass is 9.82. The van der Waals surface area contributed by atoms with E-state index in [1.54, 1.807) is 90.8 Å². The number of methoxy groups -OCH3 is 4. The van der Waals surface area contributed by atoms with Gasteiger partial charge in [0.2, 0.25) is 0 Å². The second-order valence-corrected chi connectivity index (χ2v) is 7.24. The Morgan fingerprint density at radius 3 is 1.39 bits per heavy atom. The molecule has 0 spiro atoms. The molecular formula is C25H28O6. The molecule has 0 aliphatic rings. The van der Waals surface area contributed by atoms with E-state index in [1.807, 2.05) is 0 Å². The van der Waals surface area contributed by atoms with Crippen LogP contribution in [0.2, 0.25) is 0 Å². The highest BCUT2D eigenvalue weighted by molar-refractivity contribution is 6.16. The van der Waals surface area contributed by atoms with Gasteiger partial charge >= 0.3 is 0 Å². The molecule has 6 nitrogen and oxygen atoms in total. The van der Waals surface area contributed by atoms with Crippen LogP contribution in [0.4, 0.5) is 0 Å². The number of ether oxygens (including phenoxy) is 4. The van der Waals surface area contributed by atoms with Gasteiger partial charge in [0.1, 0.15) is 23.0 Å². The van der Waals surface area contributed by atoms with E-state index in [0.717, 1.165) is 0 Å². The van der Waals surface area contributed by atoms with Gasteiger partial charge in [0.25, 0.3) is 0 Å². The van der Waals surface area contributed by atoms with Crippen LogP contribution in [0.25, 0.3) is 12.2 Å². The molecule has 0 aromatic heterocycles. The number of rotatable bonds is 10. The predicted molar refractivity (Wildman–Crippen MR) is 121 cm³/mol. The molecule has 0 heterocycles. The predicted octanol–water partition coefficient (Wildman–Crippen LogP) is 4.61. The molecule has 0 unspecified atom stereocenters. The maximum Gasteiger partial charge on any atom is 0.169 e. The third-order valence-corrected chi connectivity index (χ3v) is 4.93. The minimum atomic E-state index is -1.24. The Morgan fingerprint density at radius 2 is 1.06 bits per heavy atom. The van der Waals surface area contributed by atoms with Gasteiger partial charge in [0.15, 0.2) is 11.6 Å². The van der Waals surface area contributed by atoms with E-state index in [9.17, 15) is 9.59 Å². The molecule has 0 saturated carbocycles. The Bertz CT molecular complexity index is 922. The van der Waals surface area contributed by atoms with E-state index >= 15 is 0 Å². The molecule has 6 heteroatoms. The number of allylic oxidation sites excluding steroid dienone is 2. The summed E-state index contributed by atoms with van der Waals surface area (Å²) in [6.07, 6.45) is 6.01. The quantitative estimate of drug-likeness (QED) is 0.410. The maximum atomic E-state index is 12.8. The molecule has 0 aliphatic heterocycles. The van der Waals surface area contributed by atoms with Crippen molar-refractivity contribution in [2.75, 3.05) is 28.4 Å². The summed E-state index contributed by atoms with van der Waals surface area (Å²) in [5.41, 5.74) is 0.107. The summed E-state index contributed by atoms with van der Waals surface area (Å²) in [5, 5.41) is 0. The molecule has 2 rings (SSSR count). The topological polar surface area (TPSA) is 71.1 Å². The summed E-state index contributed by atoms with van der Waals surface area (Å²) >= 11 is 0. The molecule has 0 atom stereocenters. The first kappa shape index (κ1) is 23.7. The largest absolute Gasteiger partial charge is 0.497 e. The van der Waals surface area contributed by atoms with Crippen molar-refractivity contribution in [3.05, 3.63) is 59.7 Å². The Kier molecular flexibility index (Phi) is 8.02. The zero-order valence-electron chi connectivity index (χ0n) is 18.7. The Labute approximate surface area is 183 Å². The van der Waals surface area contributed by atoms with Gasteiger partial charge < -0.3 is 18.9 Å². The first-order chi connectivity index (χ1) is 14.8. The number of ketones is 2. The molecule has 0 bridgehead atoms. The molecule has 31 heavy (non-hydrogen) atoms. The smallest absolute Gasteiger partial charge is 0.169 e. The maximum absolute atomic E-state index is 12.8. The Morgan fingerprint density at radius 1 is 0.677 bits per heavy atom. The minimum absolute atomic E-state index is 0.329. The molecule has 0 saturated heterocycles. The minimum Gasteiger partial charge on any atom is -0.497 e. The molecule has 0 N–H and O–H groups in total. The summed E-state index contributed by atoms with van der Waals surface area (Å²) in [6.45, 7) is 3.19. The summed E-state index contributed by atoms with van der Waals surface area (Å²) in [5.74, 6) is 1.81. The van der Waals surface area contributed by atoms with Crippen LogP contribution in [0.15, 0.2) is 48.6 Å². The highest BCUT2D eigenvalue weighted by Crippen LogP contribution is 2.28.